The number of rotatable bonds is 8. The predicted molar refractivity (Wildman–Crippen MR) is 57.2 cm³/mol. The van der Waals surface area contributed by atoms with Crippen LogP contribution in [0.25, 0.3) is 0 Å². The Bertz CT molecular complexity index is 195. The maximum Gasteiger partial charge on any atom is 0.325 e. The third-order valence-corrected chi connectivity index (χ3v) is 2.02. The first kappa shape index (κ1) is 13.9. The van der Waals surface area contributed by atoms with E-state index < -0.39 is 5.97 Å². The highest BCUT2D eigenvalue weighted by molar-refractivity contribution is 5.81. The molecule has 0 radical (unpaired) electrons. The Morgan fingerprint density at radius 1 is 1.20 bits per heavy atom. The number of methoxy groups -OCH3 is 1. The summed E-state index contributed by atoms with van der Waals surface area (Å²) in [5, 5.41) is 2.49. The lowest BCUT2D eigenvalue weighted by Crippen LogP contribution is -2.29. The number of esters is 1. The summed E-state index contributed by atoms with van der Waals surface area (Å²) in [5.41, 5.74) is 5.34. The van der Waals surface area contributed by atoms with Gasteiger partial charge in [0.05, 0.1) is 7.11 Å². The molecule has 0 unspecified atom stereocenters. The SMILES string of the molecule is COC(=O)CNC(=O)CCCCCCN. The van der Waals surface area contributed by atoms with Crippen LogP contribution < -0.4 is 11.1 Å². The second kappa shape index (κ2) is 9.45. The molecule has 1 amide bonds. The quantitative estimate of drug-likeness (QED) is 0.448. The molecule has 5 heteroatoms. The zero-order valence-corrected chi connectivity index (χ0v) is 9.25. The Morgan fingerprint density at radius 3 is 2.47 bits per heavy atom. The van der Waals surface area contributed by atoms with Gasteiger partial charge in [0, 0.05) is 6.42 Å². The molecule has 0 fully saturated rings. The number of hydrogen-bond acceptors (Lipinski definition) is 4. The Hall–Kier alpha value is -1.10. The summed E-state index contributed by atoms with van der Waals surface area (Å²) >= 11 is 0. The normalized spacial score (nSPS) is 9.73. The smallest absolute Gasteiger partial charge is 0.325 e. The number of hydrogen-bond donors (Lipinski definition) is 2. The van der Waals surface area contributed by atoms with Crippen molar-refractivity contribution in [2.75, 3.05) is 20.2 Å². The van der Waals surface area contributed by atoms with Crippen molar-refractivity contribution in [3.05, 3.63) is 0 Å². The van der Waals surface area contributed by atoms with Crippen molar-refractivity contribution in [3.63, 3.8) is 0 Å². The molecule has 5 nitrogen and oxygen atoms in total. The van der Waals surface area contributed by atoms with E-state index in [-0.39, 0.29) is 12.5 Å². The van der Waals surface area contributed by atoms with Gasteiger partial charge >= 0.3 is 5.97 Å². The average molecular weight is 216 g/mol. The molecule has 0 aromatic rings. The lowest BCUT2D eigenvalue weighted by atomic mass is 10.1. The van der Waals surface area contributed by atoms with Gasteiger partial charge in [-0.15, -0.1) is 0 Å². The lowest BCUT2D eigenvalue weighted by molar-refractivity contribution is -0.141. The van der Waals surface area contributed by atoms with Crippen LogP contribution in [0.15, 0.2) is 0 Å². The summed E-state index contributed by atoms with van der Waals surface area (Å²) in [5.74, 6) is -0.528. The zero-order valence-electron chi connectivity index (χ0n) is 9.25. The Balaban J connectivity index is 3.30. The van der Waals surface area contributed by atoms with Gasteiger partial charge in [-0.1, -0.05) is 12.8 Å². The second-order valence-corrected chi connectivity index (χ2v) is 3.31. The fraction of sp³-hybridized carbons (Fsp3) is 0.800. The first-order valence-corrected chi connectivity index (χ1v) is 5.24. The van der Waals surface area contributed by atoms with Gasteiger partial charge in [-0.05, 0) is 19.4 Å². The molecule has 0 saturated heterocycles. The fourth-order valence-electron chi connectivity index (χ4n) is 1.11. The number of nitrogens with one attached hydrogen (secondary N) is 1. The van der Waals surface area contributed by atoms with Gasteiger partial charge in [0.1, 0.15) is 6.54 Å². The molecule has 0 aromatic carbocycles. The van der Waals surface area contributed by atoms with E-state index in [0.29, 0.717) is 13.0 Å². The first-order chi connectivity index (χ1) is 7.20. The maximum absolute atomic E-state index is 11.2. The largest absolute Gasteiger partial charge is 0.468 e. The minimum Gasteiger partial charge on any atom is -0.468 e. The van der Waals surface area contributed by atoms with E-state index in [2.05, 4.69) is 10.1 Å². The van der Waals surface area contributed by atoms with Gasteiger partial charge in [0.15, 0.2) is 0 Å². The number of unbranched alkanes of at least 4 members (excludes halogenated alkanes) is 3. The fourth-order valence-corrected chi connectivity index (χ4v) is 1.11. The molecule has 0 aliphatic carbocycles. The highest BCUT2D eigenvalue weighted by atomic mass is 16.5. The highest BCUT2D eigenvalue weighted by Gasteiger charge is 2.04. The third kappa shape index (κ3) is 9.21. The molecule has 0 saturated carbocycles. The predicted octanol–water partition coefficient (Wildman–Crippen LogP) is 0.185. The van der Waals surface area contributed by atoms with Crippen LogP contribution in [0.5, 0.6) is 0 Å². The van der Waals surface area contributed by atoms with E-state index in [0.717, 1.165) is 25.7 Å². The molecule has 0 aliphatic rings. The van der Waals surface area contributed by atoms with Crippen LogP contribution in [-0.2, 0) is 14.3 Å². The van der Waals surface area contributed by atoms with Crippen LogP contribution in [0, 0.1) is 0 Å². The number of carbonyl (C=O) groups is 2. The third-order valence-electron chi connectivity index (χ3n) is 2.02. The van der Waals surface area contributed by atoms with Gasteiger partial charge in [-0.25, -0.2) is 0 Å². The molecule has 0 heterocycles. The van der Waals surface area contributed by atoms with Crippen molar-refractivity contribution in [1.29, 1.82) is 0 Å². The summed E-state index contributed by atoms with van der Waals surface area (Å²) in [7, 11) is 1.29. The van der Waals surface area contributed by atoms with Crippen molar-refractivity contribution in [1.82, 2.24) is 5.32 Å². The van der Waals surface area contributed by atoms with E-state index in [1.54, 1.807) is 0 Å². The summed E-state index contributed by atoms with van der Waals surface area (Å²) in [6.45, 7) is 0.659. The van der Waals surface area contributed by atoms with Crippen LogP contribution in [0.2, 0.25) is 0 Å². The molecule has 88 valence electrons. The standard InChI is InChI=1S/C10H20N2O3/c1-15-10(14)8-12-9(13)6-4-2-3-5-7-11/h2-8,11H2,1H3,(H,12,13). The molecule has 0 rings (SSSR count). The summed E-state index contributed by atoms with van der Waals surface area (Å²) < 4.78 is 4.39. The minimum atomic E-state index is -0.425. The van der Waals surface area contributed by atoms with Crippen LogP contribution >= 0.6 is 0 Å². The molecule has 0 aliphatic heterocycles. The summed E-state index contributed by atoms with van der Waals surface area (Å²) in [6.07, 6.45) is 4.36. The van der Waals surface area contributed by atoms with Gasteiger partial charge < -0.3 is 15.8 Å². The number of ether oxygens (including phenoxy) is 1. The van der Waals surface area contributed by atoms with Gasteiger partial charge in [0.25, 0.3) is 0 Å². The first-order valence-electron chi connectivity index (χ1n) is 5.24. The van der Waals surface area contributed by atoms with Crippen molar-refractivity contribution in [2.45, 2.75) is 32.1 Å². The monoisotopic (exact) mass is 216 g/mol. The number of amides is 1. The van der Waals surface area contributed by atoms with Crippen molar-refractivity contribution in [3.8, 4) is 0 Å². The highest BCUT2D eigenvalue weighted by Crippen LogP contribution is 2.01. The number of nitrogens with two attached hydrogens (primary N) is 1. The molecule has 15 heavy (non-hydrogen) atoms. The molecule has 3 N–H and O–H groups in total. The Morgan fingerprint density at radius 2 is 1.87 bits per heavy atom. The van der Waals surface area contributed by atoms with Crippen LogP contribution in [0.4, 0.5) is 0 Å². The van der Waals surface area contributed by atoms with E-state index in [4.69, 9.17) is 5.73 Å². The molecule has 0 bridgehead atoms. The molecule has 0 aromatic heterocycles. The van der Waals surface area contributed by atoms with E-state index in [9.17, 15) is 9.59 Å². The van der Waals surface area contributed by atoms with E-state index >= 15 is 0 Å². The zero-order chi connectivity index (χ0) is 11.5. The molecule has 0 spiro atoms. The maximum atomic E-state index is 11.2. The Labute approximate surface area is 90.4 Å². The van der Waals surface area contributed by atoms with Crippen LogP contribution in [0.3, 0.4) is 0 Å². The summed E-state index contributed by atoms with van der Waals surface area (Å²) in [4.78, 5) is 21.8. The van der Waals surface area contributed by atoms with Gasteiger partial charge in [-0.3, -0.25) is 9.59 Å². The molecule has 0 atom stereocenters. The molecular weight excluding hydrogens is 196 g/mol. The summed E-state index contributed by atoms with van der Waals surface area (Å²) in [6, 6.07) is 0. The van der Waals surface area contributed by atoms with Crippen molar-refractivity contribution < 1.29 is 14.3 Å². The minimum absolute atomic E-state index is 0.0435. The van der Waals surface area contributed by atoms with Crippen molar-refractivity contribution in [2.24, 2.45) is 5.73 Å². The van der Waals surface area contributed by atoms with Crippen molar-refractivity contribution >= 4 is 11.9 Å². The van der Waals surface area contributed by atoms with E-state index in [1.807, 2.05) is 0 Å². The lowest BCUT2D eigenvalue weighted by Gasteiger charge is -2.03. The number of carbonyl (C=O) groups excluding carboxylic acids is 2. The Kier molecular flexibility index (Phi) is 8.76. The average Bonchev–Trinajstić information content (AvgIpc) is 2.25. The van der Waals surface area contributed by atoms with E-state index in [1.165, 1.54) is 7.11 Å². The second-order valence-electron chi connectivity index (χ2n) is 3.31. The topological polar surface area (TPSA) is 81.4 Å². The van der Waals surface area contributed by atoms with Gasteiger partial charge in [0.2, 0.25) is 5.91 Å². The van der Waals surface area contributed by atoms with Gasteiger partial charge in [-0.2, -0.15) is 0 Å². The molecular formula is C10H20N2O3. The van der Waals surface area contributed by atoms with Crippen LogP contribution in [0.1, 0.15) is 32.1 Å². The van der Waals surface area contributed by atoms with Crippen LogP contribution in [-0.4, -0.2) is 32.1 Å².